The smallest absolute Gasteiger partial charge is 0.321 e. The van der Waals surface area contributed by atoms with Crippen LogP contribution in [-0.2, 0) is 27.2 Å². The number of rotatable bonds is 4. The lowest BCUT2D eigenvalue weighted by molar-refractivity contribution is 0.131. The highest BCUT2D eigenvalue weighted by atomic mass is 16.2. The van der Waals surface area contributed by atoms with Crippen LogP contribution in [0.2, 0.25) is 0 Å². The van der Waals surface area contributed by atoms with Gasteiger partial charge >= 0.3 is 5.69 Å². The highest BCUT2D eigenvalue weighted by molar-refractivity contribution is 5.71. The first-order chi connectivity index (χ1) is 11.5. The molecule has 0 saturated carbocycles. The van der Waals surface area contributed by atoms with E-state index in [0.29, 0.717) is 23.8 Å². The second-order valence-corrected chi connectivity index (χ2v) is 6.68. The molecule has 3 rings (SSSR count). The fraction of sp³-hybridized carbons (Fsp3) is 0.706. The summed E-state index contributed by atoms with van der Waals surface area (Å²) < 4.78 is 4.61. The van der Waals surface area contributed by atoms with Gasteiger partial charge in [-0.2, -0.15) is 0 Å². The summed E-state index contributed by atoms with van der Waals surface area (Å²) in [6, 6.07) is 0.579. The summed E-state index contributed by atoms with van der Waals surface area (Å²) in [7, 11) is 3.20. The summed E-state index contributed by atoms with van der Waals surface area (Å²) in [6.45, 7) is 6.72. The van der Waals surface area contributed by atoms with E-state index in [1.807, 2.05) is 11.5 Å². The minimum absolute atomic E-state index is 0.264. The summed E-state index contributed by atoms with van der Waals surface area (Å²) in [5.41, 5.74) is 0.427. The quantitative estimate of drug-likeness (QED) is 0.844. The molecule has 1 aliphatic heterocycles. The number of hydrogen-bond acceptors (Lipinski definition) is 4. The molecule has 3 heterocycles. The van der Waals surface area contributed by atoms with Crippen LogP contribution in [0.3, 0.4) is 0 Å². The number of nitrogens with zero attached hydrogens (tertiary/aromatic N) is 5. The number of aryl methyl sites for hydroxylation is 2. The molecule has 1 unspecified atom stereocenters. The van der Waals surface area contributed by atoms with Gasteiger partial charge in [0.15, 0.2) is 11.2 Å². The van der Waals surface area contributed by atoms with Gasteiger partial charge in [0, 0.05) is 26.7 Å². The second kappa shape index (κ2) is 6.55. The molecule has 0 amide bonds. The lowest BCUT2D eigenvalue weighted by Gasteiger charge is -2.34. The van der Waals surface area contributed by atoms with Gasteiger partial charge < -0.3 is 4.57 Å². The molecule has 0 radical (unpaired) electrons. The average Bonchev–Trinajstić information content (AvgIpc) is 2.97. The molecule has 1 atom stereocenters. The van der Waals surface area contributed by atoms with E-state index < -0.39 is 0 Å². The number of likely N-dealkylation sites (tertiary alicyclic amines) is 1. The third kappa shape index (κ3) is 2.60. The Morgan fingerprint density at radius 3 is 2.54 bits per heavy atom. The number of piperidine rings is 1. The van der Waals surface area contributed by atoms with E-state index in [2.05, 4.69) is 16.8 Å². The second-order valence-electron chi connectivity index (χ2n) is 6.68. The predicted molar refractivity (Wildman–Crippen MR) is 94.2 cm³/mol. The summed E-state index contributed by atoms with van der Waals surface area (Å²) >= 11 is 0. The van der Waals surface area contributed by atoms with Gasteiger partial charge in [0.25, 0.3) is 5.56 Å². The zero-order chi connectivity index (χ0) is 17.4. The van der Waals surface area contributed by atoms with Crippen molar-refractivity contribution in [2.45, 2.75) is 58.7 Å². The monoisotopic (exact) mass is 333 g/mol. The zero-order valence-electron chi connectivity index (χ0n) is 15.1. The Balaban J connectivity index is 2.12. The Bertz CT molecular complexity index is 860. The Morgan fingerprint density at radius 1 is 1.12 bits per heavy atom. The minimum atomic E-state index is -0.329. The summed E-state index contributed by atoms with van der Waals surface area (Å²) in [5.74, 6) is 0.881. The standard InChI is InChI=1S/C17H27N5O2/c1-5-12-9-7-8-10-21(12)11-13-18-15-14(22(13)6-2)16(23)20(4)17(24)19(15)3/h12H,5-11H2,1-4H3. The Labute approximate surface area is 141 Å². The SMILES string of the molecule is CCC1CCCCN1Cc1nc2c(c(=O)n(C)c(=O)n2C)n1CC. The van der Waals surface area contributed by atoms with Crippen LogP contribution < -0.4 is 11.2 Å². The van der Waals surface area contributed by atoms with E-state index in [1.165, 1.54) is 30.9 Å². The van der Waals surface area contributed by atoms with Crippen molar-refractivity contribution in [1.82, 2.24) is 23.6 Å². The van der Waals surface area contributed by atoms with Crippen LogP contribution >= 0.6 is 0 Å². The molecule has 2 aromatic rings. The number of aromatic nitrogens is 4. The molecule has 132 valence electrons. The minimum Gasteiger partial charge on any atom is -0.321 e. The van der Waals surface area contributed by atoms with Crippen molar-refractivity contribution in [3.8, 4) is 0 Å². The third-order valence-electron chi connectivity index (χ3n) is 5.31. The van der Waals surface area contributed by atoms with Crippen LogP contribution in [0.5, 0.6) is 0 Å². The van der Waals surface area contributed by atoms with Crippen molar-refractivity contribution in [3.63, 3.8) is 0 Å². The van der Waals surface area contributed by atoms with Gasteiger partial charge in [0.05, 0.1) is 6.54 Å². The fourth-order valence-electron chi connectivity index (χ4n) is 3.87. The molecule has 1 aliphatic rings. The summed E-state index contributed by atoms with van der Waals surface area (Å²) in [6.07, 6.45) is 4.85. The van der Waals surface area contributed by atoms with Gasteiger partial charge in [-0.25, -0.2) is 9.78 Å². The van der Waals surface area contributed by atoms with Crippen LogP contribution in [0, 0.1) is 0 Å². The van der Waals surface area contributed by atoms with Crippen LogP contribution in [0.15, 0.2) is 9.59 Å². The Kier molecular flexibility index (Phi) is 4.62. The molecule has 1 saturated heterocycles. The van der Waals surface area contributed by atoms with Crippen molar-refractivity contribution in [3.05, 3.63) is 26.7 Å². The van der Waals surface area contributed by atoms with Crippen LogP contribution in [0.25, 0.3) is 11.2 Å². The number of imidazole rings is 1. The third-order valence-corrected chi connectivity index (χ3v) is 5.31. The van der Waals surface area contributed by atoms with Crippen molar-refractivity contribution in [2.75, 3.05) is 6.54 Å². The van der Waals surface area contributed by atoms with Gasteiger partial charge in [-0.3, -0.25) is 18.8 Å². The lowest BCUT2D eigenvalue weighted by Crippen LogP contribution is -2.39. The largest absolute Gasteiger partial charge is 0.332 e. The van der Waals surface area contributed by atoms with Gasteiger partial charge in [0.1, 0.15) is 5.82 Å². The van der Waals surface area contributed by atoms with E-state index in [-0.39, 0.29) is 11.2 Å². The molecule has 0 spiro atoms. The van der Waals surface area contributed by atoms with E-state index in [4.69, 9.17) is 0 Å². The molecule has 7 nitrogen and oxygen atoms in total. The first-order valence-corrected chi connectivity index (χ1v) is 8.88. The van der Waals surface area contributed by atoms with E-state index in [0.717, 1.165) is 29.9 Å². The van der Waals surface area contributed by atoms with E-state index >= 15 is 0 Å². The molecule has 24 heavy (non-hydrogen) atoms. The topological polar surface area (TPSA) is 65.1 Å². The molecule has 1 fully saturated rings. The molecular formula is C17H27N5O2. The number of fused-ring (bicyclic) bond motifs is 1. The van der Waals surface area contributed by atoms with Crippen LogP contribution in [0.1, 0.15) is 45.4 Å². The number of hydrogen-bond donors (Lipinski definition) is 0. The molecule has 0 aliphatic carbocycles. The highest BCUT2D eigenvalue weighted by Crippen LogP contribution is 2.22. The Morgan fingerprint density at radius 2 is 1.88 bits per heavy atom. The van der Waals surface area contributed by atoms with Gasteiger partial charge in [0.2, 0.25) is 0 Å². The normalized spacial score (nSPS) is 19.2. The predicted octanol–water partition coefficient (Wildman–Crippen LogP) is 1.22. The molecular weight excluding hydrogens is 306 g/mol. The first kappa shape index (κ1) is 17.0. The highest BCUT2D eigenvalue weighted by Gasteiger charge is 2.24. The zero-order valence-corrected chi connectivity index (χ0v) is 15.1. The van der Waals surface area contributed by atoms with Crippen molar-refractivity contribution < 1.29 is 0 Å². The molecule has 2 aromatic heterocycles. The van der Waals surface area contributed by atoms with Gasteiger partial charge in [-0.15, -0.1) is 0 Å². The molecule has 0 bridgehead atoms. The fourth-order valence-corrected chi connectivity index (χ4v) is 3.87. The maximum atomic E-state index is 12.6. The maximum Gasteiger partial charge on any atom is 0.332 e. The Hall–Kier alpha value is -1.89. The van der Waals surface area contributed by atoms with Crippen molar-refractivity contribution in [2.24, 2.45) is 14.1 Å². The summed E-state index contributed by atoms with van der Waals surface area (Å²) in [5, 5.41) is 0. The lowest BCUT2D eigenvalue weighted by atomic mass is 10.0. The van der Waals surface area contributed by atoms with E-state index in [1.54, 1.807) is 7.05 Å². The first-order valence-electron chi connectivity index (χ1n) is 8.88. The summed E-state index contributed by atoms with van der Waals surface area (Å²) in [4.78, 5) is 31.9. The van der Waals surface area contributed by atoms with Crippen LogP contribution in [-0.4, -0.2) is 36.2 Å². The van der Waals surface area contributed by atoms with Crippen molar-refractivity contribution >= 4 is 11.2 Å². The van der Waals surface area contributed by atoms with Gasteiger partial charge in [-0.1, -0.05) is 13.3 Å². The molecule has 0 N–H and O–H groups in total. The van der Waals surface area contributed by atoms with Crippen LogP contribution in [0.4, 0.5) is 0 Å². The molecule has 7 heteroatoms. The molecule has 0 aromatic carbocycles. The van der Waals surface area contributed by atoms with Crippen molar-refractivity contribution in [1.29, 1.82) is 0 Å². The van der Waals surface area contributed by atoms with E-state index in [9.17, 15) is 9.59 Å². The maximum absolute atomic E-state index is 12.6. The average molecular weight is 333 g/mol. The van der Waals surface area contributed by atoms with Gasteiger partial charge in [-0.05, 0) is 32.7 Å².